The molecule has 0 aliphatic carbocycles. The minimum Gasteiger partial charge on any atom is -0.365 e. The van der Waals surface area contributed by atoms with E-state index in [9.17, 15) is 10.1 Å². The molecule has 0 saturated carbocycles. The van der Waals surface area contributed by atoms with E-state index in [-0.39, 0.29) is 0 Å². The van der Waals surface area contributed by atoms with Crippen molar-refractivity contribution in [3.63, 3.8) is 0 Å². The molecule has 1 heterocycles. The molecule has 1 radical (unpaired) electrons. The van der Waals surface area contributed by atoms with Crippen LogP contribution in [0.1, 0.15) is 12.8 Å². The van der Waals surface area contributed by atoms with Gasteiger partial charge in [0, 0.05) is 13.1 Å². The Morgan fingerprint density at radius 3 is 2.60 bits per heavy atom. The molecule has 0 bridgehead atoms. The Hall–Kier alpha value is -1.06. The van der Waals surface area contributed by atoms with Crippen molar-refractivity contribution in [2.24, 2.45) is 0 Å². The van der Waals surface area contributed by atoms with Gasteiger partial charge in [0.2, 0.25) is 0 Å². The molecule has 0 aromatic rings. The summed E-state index contributed by atoms with van der Waals surface area (Å²) in [6.07, 6.45) is 5.70. The van der Waals surface area contributed by atoms with E-state index < -0.39 is 4.92 Å². The molecule has 1 saturated heterocycles. The monoisotopic (exact) mass is 141 g/mol. The average molecular weight is 141 g/mol. The van der Waals surface area contributed by atoms with E-state index in [1.807, 2.05) is 4.90 Å². The third-order valence-electron chi connectivity index (χ3n) is 1.45. The van der Waals surface area contributed by atoms with Crippen molar-refractivity contribution in [2.45, 2.75) is 12.8 Å². The summed E-state index contributed by atoms with van der Waals surface area (Å²) in [7, 11) is 0. The molecule has 0 amide bonds. The van der Waals surface area contributed by atoms with Crippen LogP contribution in [0.25, 0.3) is 0 Å². The zero-order chi connectivity index (χ0) is 7.40. The molecular weight excluding hydrogens is 132 g/mol. The van der Waals surface area contributed by atoms with Gasteiger partial charge in [0.15, 0.2) is 0 Å². The Balaban J connectivity index is 2.29. The molecule has 1 aliphatic heterocycles. The fourth-order valence-corrected chi connectivity index (χ4v) is 0.975. The van der Waals surface area contributed by atoms with Crippen LogP contribution in [0, 0.1) is 16.3 Å². The second-order valence-electron chi connectivity index (χ2n) is 2.24. The summed E-state index contributed by atoms with van der Waals surface area (Å²) in [5, 5.41) is 9.82. The molecule has 0 aromatic heterocycles. The minimum atomic E-state index is -0.488. The Labute approximate surface area is 59.3 Å². The second-order valence-corrected chi connectivity index (χ2v) is 2.24. The van der Waals surface area contributed by atoms with Gasteiger partial charge < -0.3 is 4.90 Å². The van der Waals surface area contributed by atoms with Gasteiger partial charge in [-0.3, -0.25) is 10.1 Å². The van der Waals surface area contributed by atoms with Crippen LogP contribution in [0.4, 0.5) is 0 Å². The lowest BCUT2D eigenvalue weighted by Gasteiger charge is -2.05. The second kappa shape index (κ2) is 3.20. The van der Waals surface area contributed by atoms with E-state index in [1.54, 1.807) is 0 Å². The molecule has 0 unspecified atom stereocenters. The van der Waals surface area contributed by atoms with Crippen LogP contribution in [-0.2, 0) is 0 Å². The van der Waals surface area contributed by atoms with Crippen molar-refractivity contribution in [1.29, 1.82) is 0 Å². The number of likely N-dealkylation sites (tertiary alicyclic amines) is 1. The Morgan fingerprint density at radius 1 is 1.50 bits per heavy atom. The Morgan fingerprint density at radius 2 is 2.10 bits per heavy atom. The van der Waals surface area contributed by atoms with E-state index in [4.69, 9.17) is 0 Å². The molecule has 4 heteroatoms. The summed E-state index contributed by atoms with van der Waals surface area (Å²) in [5.41, 5.74) is 0. The highest BCUT2D eigenvalue weighted by atomic mass is 16.6. The summed E-state index contributed by atoms with van der Waals surface area (Å²) in [5.74, 6) is 0. The van der Waals surface area contributed by atoms with Crippen LogP contribution in [0.3, 0.4) is 0 Å². The first kappa shape index (κ1) is 7.05. The maximum absolute atomic E-state index is 9.82. The van der Waals surface area contributed by atoms with Crippen LogP contribution in [0.2, 0.25) is 0 Å². The van der Waals surface area contributed by atoms with Crippen LogP contribution >= 0.6 is 0 Å². The smallest absolute Gasteiger partial charge is 0.259 e. The van der Waals surface area contributed by atoms with Gasteiger partial charge in [0.1, 0.15) is 6.20 Å². The standard InChI is InChI=1S/C6H9N2O2/c9-8(10)6-5-7-3-1-2-4-7/h6H,1-4H2. The van der Waals surface area contributed by atoms with Crippen LogP contribution in [0.5, 0.6) is 0 Å². The lowest BCUT2D eigenvalue weighted by Crippen LogP contribution is -2.11. The van der Waals surface area contributed by atoms with E-state index in [1.165, 1.54) is 0 Å². The van der Waals surface area contributed by atoms with Crippen LogP contribution in [-0.4, -0.2) is 22.9 Å². The van der Waals surface area contributed by atoms with Gasteiger partial charge in [-0.2, -0.15) is 0 Å². The van der Waals surface area contributed by atoms with Crippen LogP contribution in [0.15, 0.2) is 6.20 Å². The average Bonchev–Trinajstić information content (AvgIpc) is 2.34. The van der Waals surface area contributed by atoms with Gasteiger partial charge in [-0.25, -0.2) is 0 Å². The van der Waals surface area contributed by atoms with Crippen molar-refractivity contribution >= 4 is 0 Å². The van der Waals surface area contributed by atoms with Gasteiger partial charge in [-0.1, -0.05) is 0 Å². The van der Waals surface area contributed by atoms with Crippen molar-refractivity contribution in [3.05, 3.63) is 22.5 Å². The van der Waals surface area contributed by atoms with Gasteiger partial charge in [0.25, 0.3) is 6.20 Å². The molecular formula is C6H9N2O2. The van der Waals surface area contributed by atoms with Gasteiger partial charge in [-0.05, 0) is 12.8 Å². The van der Waals surface area contributed by atoms with E-state index in [0.29, 0.717) is 0 Å². The van der Waals surface area contributed by atoms with Crippen molar-refractivity contribution in [2.75, 3.05) is 13.1 Å². The number of nitro groups is 1. The first-order valence-corrected chi connectivity index (χ1v) is 3.27. The fraction of sp³-hybridized carbons (Fsp3) is 0.667. The Bertz CT molecular complexity index is 150. The van der Waals surface area contributed by atoms with Gasteiger partial charge in [0.05, 0.1) is 4.92 Å². The highest BCUT2D eigenvalue weighted by Crippen LogP contribution is 2.06. The molecule has 0 aromatic carbocycles. The topological polar surface area (TPSA) is 46.4 Å². The summed E-state index contributed by atoms with van der Waals surface area (Å²) < 4.78 is 0. The molecule has 55 valence electrons. The zero-order valence-corrected chi connectivity index (χ0v) is 5.62. The SMILES string of the molecule is O=[N+]([O-])/C=[C]/N1CCCC1. The molecule has 0 N–H and O–H groups in total. The van der Waals surface area contributed by atoms with E-state index in [0.717, 1.165) is 32.1 Å². The van der Waals surface area contributed by atoms with Crippen molar-refractivity contribution in [3.8, 4) is 0 Å². The predicted molar refractivity (Wildman–Crippen MR) is 35.6 cm³/mol. The number of rotatable bonds is 2. The molecule has 1 fully saturated rings. The normalized spacial score (nSPS) is 18.6. The first-order valence-electron chi connectivity index (χ1n) is 3.27. The molecule has 4 nitrogen and oxygen atoms in total. The lowest BCUT2D eigenvalue weighted by molar-refractivity contribution is -0.404. The largest absolute Gasteiger partial charge is 0.365 e. The molecule has 10 heavy (non-hydrogen) atoms. The summed E-state index contributed by atoms with van der Waals surface area (Å²) in [6.45, 7) is 1.81. The van der Waals surface area contributed by atoms with Crippen LogP contribution < -0.4 is 0 Å². The fourth-order valence-electron chi connectivity index (χ4n) is 0.975. The van der Waals surface area contributed by atoms with Gasteiger partial charge >= 0.3 is 0 Å². The molecule has 0 spiro atoms. The number of hydrogen-bond acceptors (Lipinski definition) is 3. The molecule has 1 rings (SSSR count). The minimum absolute atomic E-state index is 0.488. The zero-order valence-electron chi connectivity index (χ0n) is 5.62. The Kier molecular flexibility index (Phi) is 2.25. The van der Waals surface area contributed by atoms with Crippen molar-refractivity contribution < 1.29 is 4.92 Å². The summed E-state index contributed by atoms with van der Waals surface area (Å²) in [4.78, 5) is 11.2. The number of hydrogen-bond donors (Lipinski definition) is 0. The van der Waals surface area contributed by atoms with Crippen molar-refractivity contribution in [1.82, 2.24) is 4.90 Å². The quantitative estimate of drug-likeness (QED) is 0.418. The molecule has 1 aliphatic rings. The van der Waals surface area contributed by atoms with Gasteiger partial charge in [-0.15, -0.1) is 0 Å². The third kappa shape index (κ3) is 2.05. The summed E-state index contributed by atoms with van der Waals surface area (Å²) >= 11 is 0. The predicted octanol–water partition coefficient (Wildman–Crippen LogP) is 0.633. The highest BCUT2D eigenvalue weighted by Gasteiger charge is 2.07. The summed E-state index contributed by atoms with van der Waals surface area (Å²) in [6, 6.07) is 0. The molecule has 0 atom stereocenters. The maximum Gasteiger partial charge on any atom is 0.259 e. The number of nitrogens with zero attached hydrogens (tertiary/aromatic N) is 2. The van der Waals surface area contributed by atoms with E-state index >= 15 is 0 Å². The maximum atomic E-state index is 9.82. The first-order chi connectivity index (χ1) is 4.79. The lowest BCUT2D eigenvalue weighted by atomic mass is 10.4. The third-order valence-corrected chi connectivity index (χ3v) is 1.45. The van der Waals surface area contributed by atoms with E-state index in [2.05, 4.69) is 6.20 Å². The highest BCUT2D eigenvalue weighted by molar-refractivity contribution is 4.72.